The van der Waals surface area contributed by atoms with Crippen LogP contribution in [0.3, 0.4) is 0 Å². The molecule has 0 aliphatic rings. The predicted molar refractivity (Wildman–Crippen MR) is 88.8 cm³/mol. The highest BCUT2D eigenvalue weighted by Gasteiger charge is 2.39. The fourth-order valence-corrected chi connectivity index (χ4v) is 2.51. The summed E-state index contributed by atoms with van der Waals surface area (Å²) in [6.07, 6.45) is -4.77. The van der Waals surface area contributed by atoms with Crippen LogP contribution in [0.2, 0.25) is 0 Å². The Kier molecular flexibility index (Phi) is 4.54. The summed E-state index contributed by atoms with van der Waals surface area (Å²) in [7, 11) is 0. The van der Waals surface area contributed by atoms with E-state index in [0.717, 1.165) is 6.07 Å². The normalized spacial score (nSPS) is 11.5. The van der Waals surface area contributed by atoms with E-state index < -0.39 is 28.9 Å². The van der Waals surface area contributed by atoms with Gasteiger partial charge in [0.05, 0.1) is 10.9 Å². The zero-order valence-corrected chi connectivity index (χ0v) is 13.6. The molecule has 1 heterocycles. The minimum Gasteiger partial charge on any atom is -0.450 e. The lowest BCUT2D eigenvalue weighted by molar-refractivity contribution is -0.152. The summed E-state index contributed by atoms with van der Waals surface area (Å²) in [5, 5.41) is -0.0341. The molecule has 0 fully saturated rings. The van der Waals surface area contributed by atoms with E-state index in [1.54, 1.807) is 13.0 Å². The van der Waals surface area contributed by atoms with Crippen molar-refractivity contribution in [1.29, 1.82) is 0 Å². The highest BCUT2D eigenvalue weighted by atomic mass is 19.4. The molecule has 1 aromatic heterocycles. The molecule has 134 valence electrons. The lowest BCUT2D eigenvalue weighted by Gasteiger charge is -2.13. The van der Waals surface area contributed by atoms with Gasteiger partial charge in [0.1, 0.15) is 11.3 Å². The lowest BCUT2D eigenvalue weighted by atomic mass is 10.0. The van der Waals surface area contributed by atoms with Gasteiger partial charge >= 0.3 is 12.1 Å². The van der Waals surface area contributed by atoms with Gasteiger partial charge in [0.2, 0.25) is 11.2 Å². The third kappa shape index (κ3) is 3.33. The monoisotopic (exact) mass is 362 g/mol. The van der Waals surface area contributed by atoms with Gasteiger partial charge in [-0.25, -0.2) is 0 Å². The van der Waals surface area contributed by atoms with E-state index in [1.807, 2.05) is 0 Å². The number of fused-ring (bicyclic) bond motifs is 1. The molecule has 0 amide bonds. The van der Waals surface area contributed by atoms with E-state index in [4.69, 9.17) is 9.15 Å². The number of carbonyl (C=O) groups is 1. The van der Waals surface area contributed by atoms with Crippen molar-refractivity contribution in [2.75, 3.05) is 0 Å². The number of ether oxygens (including phenoxy) is 1. The summed E-state index contributed by atoms with van der Waals surface area (Å²) in [6, 6.07) is 11.2. The van der Waals surface area contributed by atoms with Crippen LogP contribution in [-0.2, 0) is 11.0 Å². The summed E-state index contributed by atoms with van der Waals surface area (Å²) < 4.78 is 50.5. The first kappa shape index (κ1) is 17.7. The maximum absolute atomic E-state index is 13.5. The quantitative estimate of drug-likeness (QED) is 0.496. The second-order valence-corrected chi connectivity index (χ2v) is 5.48. The second-order valence-electron chi connectivity index (χ2n) is 5.48. The average Bonchev–Trinajstić information content (AvgIpc) is 2.61. The van der Waals surface area contributed by atoms with Crippen LogP contribution in [0.1, 0.15) is 19.1 Å². The maximum Gasteiger partial charge on any atom is 0.450 e. The number of benzene rings is 2. The van der Waals surface area contributed by atoms with Crippen molar-refractivity contribution in [1.82, 2.24) is 0 Å². The van der Waals surface area contributed by atoms with E-state index in [9.17, 15) is 22.8 Å². The van der Waals surface area contributed by atoms with Crippen LogP contribution in [0.5, 0.6) is 5.75 Å². The molecule has 26 heavy (non-hydrogen) atoms. The molecule has 7 heteroatoms. The summed E-state index contributed by atoms with van der Waals surface area (Å²) in [5.74, 6) is -1.93. The Morgan fingerprint density at radius 2 is 1.81 bits per heavy atom. The van der Waals surface area contributed by atoms with Crippen molar-refractivity contribution in [3.05, 3.63) is 64.5 Å². The topological polar surface area (TPSA) is 56.5 Å². The molecule has 0 aliphatic carbocycles. The highest BCUT2D eigenvalue weighted by Crippen LogP contribution is 2.37. The molecule has 0 bridgehead atoms. The Bertz CT molecular complexity index is 1020. The predicted octanol–water partition coefficient (Wildman–Crippen LogP) is 4.79. The molecule has 0 spiro atoms. The fourth-order valence-electron chi connectivity index (χ4n) is 2.51. The smallest absolute Gasteiger partial charge is 0.450 e. The first-order valence-electron chi connectivity index (χ1n) is 7.75. The summed E-state index contributed by atoms with van der Waals surface area (Å²) in [4.78, 5) is 24.1. The van der Waals surface area contributed by atoms with Gasteiger partial charge in [-0.2, -0.15) is 13.2 Å². The van der Waals surface area contributed by atoms with Crippen molar-refractivity contribution in [3.8, 4) is 16.9 Å². The zero-order chi connectivity index (χ0) is 18.9. The molecule has 0 saturated heterocycles. The summed E-state index contributed by atoms with van der Waals surface area (Å²) in [6.45, 7) is 1.58. The number of rotatable bonds is 3. The number of esters is 1. The summed E-state index contributed by atoms with van der Waals surface area (Å²) in [5.41, 5.74) is -1.55. The molecule has 3 rings (SSSR count). The van der Waals surface area contributed by atoms with Crippen molar-refractivity contribution in [3.63, 3.8) is 0 Å². The van der Waals surface area contributed by atoms with Gasteiger partial charge in [0, 0.05) is 12.5 Å². The van der Waals surface area contributed by atoms with Gasteiger partial charge in [-0.15, -0.1) is 0 Å². The van der Waals surface area contributed by atoms with Gasteiger partial charge in [-0.05, 0) is 17.7 Å². The van der Waals surface area contributed by atoms with E-state index in [-0.39, 0.29) is 28.7 Å². The minimum atomic E-state index is -4.87. The molecular weight excluding hydrogens is 349 g/mol. The number of hydrogen-bond donors (Lipinski definition) is 0. The Labute approximate surface area is 145 Å². The van der Waals surface area contributed by atoms with Crippen LogP contribution >= 0.6 is 0 Å². The van der Waals surface area contributed by atoms with Crippen LogP contribution < -0.4 is 10.2 Å². The third-order valence-corrected chi connectivity index (χ3v) is 3.70. The fraction of sp³-hybridized carbons (Fsp3) is 0.158. The van der Waals surface area contributed by atoms with Gasteiger partial charge < -0.3 is 9.15 Å². The average molecular weight is 362 g/mol. The van der Waals surface area contributed by atoms with E-state index >= 15 is 0 Å². The Morgan fingerprint density at radius 1 is 1.12 bits per heavy atom. The van der Waals surface area contributed by atoms with Crippen LogP contribution in [0, 0.1) is 0 Å². The Hall–Kier alpha value is -3.09. The van der Waals surface area contributed by atoms with Gasteiger partial charge in [-0.1, -0.05) is 37.3 Å². The van der Waals surface area contributed by atoms with E-state index in [1.165, 1.54) is 36.4 Å². The zero-order valence-electron chi connectivity index (χ0n) is 13.6. The first-order valence-corrected chi connectivity index (χ1v) is 7.75. The van der Waals surface area contributed by atoms with Crippen molar-refractivity contribution >= 4 is 16.9 Å². The van der Waals surface area contributed by atoms with Gasteiger partial charge in [0.15, 0.2) is 0 Å². The molecule has 2 aromatic carbocycles. The number of hydrogen-bond acceptors (Lipinski definition) is 4. The number of halogens is 3. The molecule has 3 aromatic rings. The largest absolute Gasteiger partial charge is 0.450 e. The molecule has 0 N–H and O–H groups in total. The first-order chi connectivity index (χ1) is 12.3. The van der Waals surface area contributed by atoms with Crippen LogP contribution in [0.15, 0.2) is 57.7 Å². The van der Waals surface area contributed by atoms with Crippen LogP contribution in [0.25, 0.3) is 22.1 Å². The van der Waals surface area contributed by atoms with Crippen molar-refractivity contribution < 1.29 is 27.1 Å². The molecule has 0 radical (unpaired) electrons. The molecule has 4 nitrogen and oxygen atoms in total. The van der Waals surface area contributed by atoms with E-state index in [2.05, 4.69) is 0 Å². The molecular formula is C19H13F3O4. The summed E-state index contributed by atoms with van der Waals surface area (Å²) >= 11 is 0. The molecule has 0 atom stereocenters. The third-order valence-electron chi connectivity index (χ3n) is 3.70. The molecule has 0 aliphatic heterocycles. The highest BCUT2D eigenvalue weighted by molar-refractivity contribution is 5.84. The molecule has 0 saturated carbocycles. The molecule has 0 unspecified atom stereocenters. The minimum absolute atomic E-state index is 0.00749. The lowest BCUT2D eigenvalue weighted by Crippen LogP contribution is -2.16. The van der Waals surface area contributed by atoms with Gasteiger partial charge in [0.25, 0.3) is 0 Å². The van der Waals surface area contributed by atoms with Gasteiger partial charge in [-0.3, -0.25) is 9.59 Å². The van der Waals surface area contributed by atoms with Crippen LogP contribution in [0.4, 0.5) is 13.2 Å². The van der Waals surface area contributed by atoms with E-state index in [0.29, 0.717) is 0 Å². The van der Waals surface area contributed by atoms with Crippen molar-refractivity contribution in [2.24, 2.45) is 0 Å². The number of alkyl halides is 3. The Morgan fingerprint density at radius 3 is 2.42 bits per heavy atom. The second kappa shape index (κ2) is 6.67. The van der Waals surface area contributed by atoms with Crippen LogP contribution in [-0.4, -0.2) is 5.97 Å². The Balaban J connectivity index is 2.28. The SMILES string of the molecule is CCC(=O)Oc1ccc2c(=O)c(-c3ccccc3)c(C(F)(F)F)oc2c1. The van der Waals surface area contributed by atoms with Crippen molar-refractivity contribution in [2.45, 2.75) is 19.5 Å². The standard InChI is InChI=1S/C19H13F3O4/c1-2-15(23)25-12-8-9-13-14(10-12)26-18(19(20,21)22)16(17(13)24)11-6-4-3-5-7-11/h3-10H,2H2,1H3. The maximum atomic E-state index is 13.5. The number of carbonyl (C=O) groups excluding carboxylic acids is 1.